The first-order valence-electron chi connectivity index (χ1n) is 5.66. The van der Waals surface area contributed by atoms with Crippen LogP contribution in [-0.2, 0) is 5.88 Å². The smallest absolute Gasteiger partial charge is 0.128 e. The van der Waals surface area contributed by atoms with E-state index in [-0.39, 0.29) is 0 Å². The third-order valence-electron chi connectivity index (χ3n) is 3.15. The van der Waals surface area contributed by atoms with Crippen LogP contribution in [0.25, 0.3) is 0 Å². The number of piperazine rings is 1. The highest BCUT2D eigenvalue weighted by Crippen LogP contribution is 2.17. The fourth-order valence-electron chi connectivity index (χ4n) is 1.93. The van der Waals surface area contributed by atoms with E-state index in [0.717, 1.165) is 43.3 Å². The summed E-state index contributed by atoms with van der Waals surface area (Å²) in [5, 5.41) is 0. The van der Waals surface area contributed by atoms with Gasteiger partial charge in [0.1, 0.15) is 5.82 Å². The van der Waals surface area contributed by atoms with E-state index in [1.54, 1.807) is 0 Å². The van der Waals surface area contributed by atoms with Gasteiger partial charge < -0.3 is 9.80 Å². The van der Waals surface area contributed by atoms with Gasteiger partial charge in [0.05, 0.1) is 0 Å². The van der Waals surface area contributed by atoms with Crippen molar-refractivity contribution in [1.29, 1.82) is 0 Å². The Morgan fingerprint density at radius 3 is 2.50 bits per heavy atom. The molecule has 1 fully saturated rings. The van der Waals surface area contributed by atoms with E-state index in [0.29, 0.717) is 5.88 Å². The van der Waals surface area contributed by atoms with Crippen LogP contribution in [0.3, 0.4) is 0 Å². The number of anilines is 1. The molecule has 1 saturated heterocycles. The number of alkyl halides is 1. The summed E-state index contributed by atoms with van der Waals surface area (Å²) in [5.41, 5.74) is 2.17. The molecule has 1 aromatic rings. The Labute approximate surface area is 102 Å². The maximum Gasteiger partial charge on any atom is 0.128 e. The summed E-state index contributed by atoms with van der Waals surface area (Å²) < 4.78 is 0. The fraction of sp³-hybridized carbons (Fsp3) is 0.583. The standard InChI is InChI=1S/C12H18ClN3/c1-10-11(9-13)3-4-12(14-10)16-7-5-15(2)6-8-16/h3-4H,5-9H2,1-2H3. The number of hydrogen-bond donors (Lipinski definition) is 0. The Kier molecular flexibility index (Phi) is 3.66. The summed E-state index contributed by atoms with van der Waals surface area (Å²) in [6.07, 6.45) is 0. The molecule has 2 heterocycles. The van der Waals surface area contributed by atoms with Gasteiger partial charge in [0.2, 0.25) is 0 Å². The first-order valence-corrected chi connectivity index (χ1v) is 6.20. The molecule has 0 amide bonds. The van der Waals surface area contributed by atoms with Crippen molar-refractivity contribution >= 4 is 17.4 Å². The van der Waals surface area contributed by atoms with Gasteiger partial charge in [-0.1, -0.05) is 6.07 Å². The number of halogens is 1. The number of nitrogens with zero attached hydrogens (tertiary/aromatic N) is 3. The minimum atomic E-state index is 0.544. The van der Waals surface area contributed by atoms with Gasteiger partial charge in [0.25, 0.3) is 0 Å². The number of aryl methyl sites for hydroxylation is 1. The quantitative estimate of drug-likeness (QED) is 0.735. The molecular formula is C12H18ClN3. The molecule has 0 aliphatic carbocycles. The molecule has 0 bridgehead atoms. The van der Waals surface area contributed by atoms with E-state index >= 15 is 0 Å². The van der Waals surface area contributed by atoms with Gasteiger partial charge in [-0.2, -0.15) is 0 Å². The van der Waals surface area contributed by atoms with Crippen LogP contribution in [0.5, 0.6) is 0 Å². The molecule has 4 heteroatoms. The van der Waals surface area contributed by atoms with Gasteiger partial charge in [-0.15, -0.1) is 11.6 Å². The Morgan fingerprint density at radius 1 is 1.25 bits per heavy atom. The van der Waals surface area contributed by atoms with Crippen molar-refractivity contribution in [2.24, 2.45) is 0 Å². The van der Waals surface area contributed by atoms with Gasteiger partial charge >= 0.3 is 0 Å². The van der Waals surface area contributed by atoms with E-state index in [1.807, 2.05) is 6.92 Å². The Hall–Kier alpha value is -0.800. The first kappa shape index (κ1) is 11.7. The van der Waals surface area contributed by atoms with Crippen LogP contribution < -0.4 is 4.90 Å². The van der Waals surface area contributed by atoms with Crippen molar-refractivity contribution in [3.8, 4) is 0 Å². The van der Waals surface area contributed by atoms with Gasteiger partial charge in [-0.25, -0.2) is 4.98 Å². The lowest BCUT2D eigenvalue weighted by Crippen LogP contribution is -2.44. The van der Waals surface area contributed by atoms with E-state index in [9.17, 15) is 0 Å². The molecule has 1 aliphatic rings. The van der Waals surface area contributed by atoms with Crippen LogP contribution in [-0.4, -0.2) is 43.1 Å². The predicted molar refractivity (Wildman–Crippen MR) is 68.2 cm³/mol. The lowest BCUT2D eigenvalue weighted by Gasteiger charge is -2.33. The van der Waals surface area contributed by atoms with Crippen LogP contribution >= 0.6 is 11.6 Å². The minimum Gasteiger partial charge on any atom is -0.354 e. The average Bonchev–Trinajstić information content (AvgIpc) is 2.30. The molecule has 0 spiro atoms. The number of aromatic nitrogens is 1. The SMILES string of the molecule is Cc1nc(N2CCN(C)CC2)ccc1CCl. The van der Waals surface area contributed by atoms with Gasteiger partial charge in [0, 0.05) is 37.8 Å². The van der Waals surface area contributed by atoms with Crippen molar-refractivity contribution < 1.29 is 0 Å². The van der Waals surface area contributed by atoms with Crippen LogP contribution in [0.15, 0.2) is 12.1 Å². The zero-order valence-electron chi connectivity index (χ0n) is 9.91. The third kappa shape index (κ3) is 2.47. The van der Waals surface area contributed by atoms with Crippen molar-refractivity contribution in [3.05, 3.63) is 23.4 Å². The highest BCUT2D eigenvalue weighted by molar-refractivity contribution is 6.17. The molecular weight excluding hydrogens is 222 g/mol. The molecule has 0 saturated carbocycles. The predicted octanol–water partition coefficient (Wildman–Crippen LogP) is 1.88. The summed E-state index contributed by atoms with van der Waals surface area (Å²) in [4.78, 5) is 9.30. The molecule has 88 valence electrons. The second-order valence-electron chi connectivity index (χ2n) is 4.34. The largest absolute Gasteiger partial charge is 0.354 e. The molecule has 0 radical (unpaired) electrons. The molecule has 1 aliphatic heterocycles. The first-order chi connectivity index (χ1) is 7.70. The van der Waals surface area contributed by atoms with Crippen LogP contribution in [0, 0.1) is 6.92 Å². The fourth-order valence-corrected chi connectivity index (χ4v) is 2.21. The Bertz CT molecular complexity index is 359. The van der Waals surface area contributed by atoms with Crippen LogP contribution in [0.2, 0.25) is 0 Å². The normalized spacial score (nSPS) is 17.8. The van der Waals surface area contributed by atoms with Crippen molar-refractivity contribution in [3.63, 3.8) is 0 Å². The number of pyridine rings is 1. The maximum absolute atomic E-state index is 5.83. The van der Waals surface area contributed by atoms with E-state index in [4.69, 9.17) is 11.6 Å². The van der Waals surface area contributed by atoms with E-state index in [1.165, 1.54) is 0 Å². The van der Waals surface area contributed by atoms with Crippen molar-refractivity contribution in [1.82, 2.24) is 9.88 Å². The monoisotopic (exact) mass is 239 g/mol. The minimum absolute atomic E-state index is 0.544. The molecule has 1 aromatic heterocycles. The van der Waals surface area contributed by atoms with Gasteiger partial charge in [-0.05, 0) is 25.6 Å². The van der Waals surface area contributed by atoms with Gasteiger partial charge in [0.15, 0.2) is 0 Å². The highest BCUT2D eigenvalue weighted by Gasteiger charge is 2.15. The molecule has 16 heavy (non-hydrogen) atoms. The summed E-state index contributed by atoms with van der Waals surface area (Å²) in [6.45, 7) is 6.36. The second-order valence-corrected chi connectivity index (χ2v) is 4.61. The summed E-state index contributed by atoms with van der Waals surface area (Å²) in [5.74, 6) is 1.63. The average molecular weight is 240 g/mol. The van der Waals surface area contributed by atoms with E-state index < -0.39 is 0 Å². The zero-order valence-corrected chi connectivity index (χ0v) is 10.7. The molecule has 0 aromatic carbocycles. The number of likely N-dealkylation sites (N-methyl/N-ethyl adjacent to an activating group) is 1. The topological polar surface area (TPSA) is 19.4 Å². The molecule has 0 atom stereocenters. The van der Waals surface area contributed by atoms with Crippen molar-refractivity contribution in [2.75, 3.05) is 38.1 Å². The summed E-state index contributed by atoms with van der Waals surface area (Å²) in [6, 6.07) is 4.17. The Balaban J connectivity index is 2.12. The zero-order chi connectivity index (χ0) is 11.5. The lowest BCUT2D eigenvalue weighted by atomic mass is 10.2. The third-order valence-corrected chi connectivity index (χ3v) is 3.44. The van der Waals surface area contributed by atoms with Crippen LogP contribution in [0.4, 0.5) is 5.82 Å². The molecule has 3 nitrogen and oxygen atoms in total. The summed E-state index contributed by atoms with van der Waals surface area (Å²) >= 11 is 5.83. The van der Waals surface area contributed by atoms with Crippen LogP contribution in [0.1, 0.15) is 11.3 Å². The molecule has 0 unspecified atom stereocenters. The second kappa shape index (κ2) is 5.02. The highest BCUT2D eigenvalue weighted by atomic mass is 35.5. The maximum atomic E-state index is 5.83. The molecule has 0 N–H and O–H groups in total. The Morgan fingerprint density at radius 2 is 1.94 bits per heavy atom. The van der Waals surface area contributed by atoms with E-state index in [2.05, 4.69) is 34.0 Å². The van der Waals surface area contributed by atoms with Gasteiger partial charge in [-0.3, -0.25) is 0 Å². The number of rotatable bonds is 2. The molecule has 2 rings (SSSR count). The number of hydrogen-bond acceptors (Lipinski definition) is 3. The lowest BCUT2D eigenvalue weighted by molar-refractivity contribution is 0.312. The van der Waals surface area contributed by atoms with Crippen molar-refractivity contribution in [2.45, 2.75) is 12.8 Å². The summed E-state index contributed by atoms with van der Waals surface area (Å²) in [7, 11) is 2.16.